The molecule has 2 rings (SSSR count). The minimum atomic E-state index is -0.258. The number of rotatable bonds is 7. The number of amides is 2. The molecule has 0 aliphatic rings. The van der Waals surface area contributed by atoms with Gasteiger partial charge in [-0.15, -0.1) is 0 Å². The first-order valence-corrected chi connectivity index (χ1v) is 8.00. The third-order valence-electron chi connectivity index (χ3n) is 3.61. The molecule has 0 spiro atoms. The van der Waals surface area contributed by atoms with Gasteiger partial charge in [-0.1, -0.05) is 6.92 Å². The monoisotopic (exact) mass is 326 g/mol. The number of carbonyl (C=O) groups is 2. The lowest BCUT2D eigenvalue weighted by molar-refractivity contribution is 0.0796. The average Bonchev–Trinajstić information content (AvgIpc) is 2.64. The predicted octanol–water partition coefficient (Wildman–Crippen LogP) is 1.93. The second-order valence-electron chi connectivity index (χ2n) is 5.52. The smallest absolute Gasteiger partial charge is 0.269 e. The summed E-state index contributed by atoms with van der Waals surface area (Å²) < 4.78 is 0. The molecule has 2 aromatic heterocycles. The molecule has 2 heterocycles. The van der Waals surface area contributed by atoms with Gasteiger partial charge >= 0.3 is 0 Å². The van der Waals surface area contributed by atoms with Crippen LogP contribution < -0.4 is 5.32 Å². The summed E-state index contributed by atoms with van der Waals surface area (Å²) >= 11 is 0. The predicted molar refractivity (Wildman–Crippen MR) is 91.8 cm³/mol. The minimum absolute atomic E-state index is 0.129. The Morgan fingerprint density at radius 1 is 1.17 bits per heavy atom. The maximum absolute atomic E-state index is 12.5. The van der Waals surface area contributed by atoms with E-state index < -0.39 is 0 Å². The molecule has 0 unspecified atom stereocenters. The Kier molecular flexibility index (Phi) is 6.42. The highest BCUT2D eigenvalue weighted by atomic mass is 16.2. The van der Waals surface area contributed by atoms with Crippen molar-refractivity contribution >= 4 is 11.8 Å². The molecule has 0 aliphatic carbocycles. The zero-order valence-electron chi connectivity index (χ0n) is 14.0. The van der Waals surface area contributed by atoms with Gasteiger partial charge in [0.25, 0.3) is 11.8 Å². The van der Waals surface area contributed by atoms with Crippen LogP contribution in [0, 0.1) is 0 Å². The zero-order valence-corrected chi connectivity index (χ0v) is 14.0. The second-order valence-corrected chi connectivity index (χ2v) is 5.52. The summed E-state index contributed by atoms with van der Waals surface area (Å²) in [5.41, 5.74) is 1.85. The van der Waals surface area contributed by atoms with Crippen molar-refractivity contribution < 1.29 is 9.59 Å². The Morgan fingerprint density at radius 3 is 2.62 bits per heavy atom. The molecule has 6 heteroatoms. The van der Waals surface area contributed by atoms with E-state index in [0.717, 1.165) is 18.4 Å². The standard InChI is InChI=1S/C18H22N4O2/c1-3-8-21-17(23)16-13-15(6-11-20-16)18(24)22(2)12-7-14-4-9-19-10-5-14/h4-6,9-11,13H,3,7-8,12H2,1-2H3,(H,21,23). The summed E-state index contributed by atoms with van der Waals surface area (Å²) in [6.07, 6.45) is 6.56. The molecule has 6 nitrogen and oxygen atoms in total. The maximum atomic E-state index is 12.5. The van der Waals surface area contributed by atoms with Crippen LogP contribution in [0.3, 0.4) is 0 Å². The van der Waals surface area contributed by atoms with Crippen molar-refractivity contribution in [2.24, 2.45) is 0 Å². The number of carbonyl (C=O) groups excluding carboxylic acids is 2. The summed E-state index contributed by atoms with van der Waals surface area (Å²) in [6.45, 7) is 3.15. The molecule has 0 saturated carbocycles. The molecule has 126 valence electrons. The third-order valence-corrected chi connectivity index (χ3v) is 3.61. The summed E-state index contributed by atoms with van der Waals surface area (Å²) in [5, 5.41) is 2.76. The molecule has 1 N–H and O–H groups in total. The highest BCUT2D eigenvalue weighted by molar-refractivity contribution is 5.98. The fraction of sp³-hybridized carbons (Fsp3) is 0.333. The normalized spacial score (nSPS) is 10.2. The van der Waals surface area contributed by atoms with E-state index in [1.165, 1.54) is 12.3 Å². The maximum Gasteiger partial charge on any atom is 0.269 e. The number of nitrogens with zero attached hydrogens (tertiary/aromatic N) is 3. The van der Waals surface area contributed by atoms with Crippen LogP contribution in [0.1, 0.15) is 39.8 Å². The first-order chi connectivity index (χ1) is 11.6. The van der Waals surface area contributed by atoms with Gasteiger partial charge in [0, 0.05) is 44.3 Å². The fourth-order valence-corrected chi connectivity index (χ4v) is 2.19. The molecular weight excluding hydrogens is 304 g/mol. The van der Waals surface area contributed by atoms with Crippen LogP contribution in [0.4, 0.5) is 0 Å². The van der Waals surface area contributed by atoms with Crippen LogP contribution in [0.25, 0.3) is 0 Å². The number of pyridine rings is 2. The lowest BCUT2D eigenvalue weighted by Gasteiger charge is -2.17. The van der Waals surface area contributed by atoms with E-state index in [2.05, 4.69) is 15.3 Å². The Bertz CT molecular complexity index is 688. The Morgan fingerprint density at radius 2 is 1.92 bits per heavy atom. The summed E-state index contributed by atoms with van der Waals surface area (Å²) in [4.78, 5) is 34.1. The first-order valence-electron chi connectivity index (χ1n) is 8.00. The van der Waals surface area contributed by atoms with Crippen LogP contribution in [0.15, 0.2) is 42.9 Å². The van der Waals surface area contributed by atoms with Gasteiger partial charge in [-0.3, -0.25) is 19.6 Å². The summed E-state index contributed by atoms with van der Waals surface area (Å²) in [5.74, 6) is -0.387. The van der Waals surface area contributed by atoms with Crippen molar-refractivity contribution in [3.8, 4) is 0 Å². The molecule has 0 atom stereocenters. The number of aromatic nitrogens is 2. The lowest BCUT2D eigenvalue weighted by atomic mass is 10.1. The number of likely N-dealkylation sites (N-methyl/N-ethyl adjacent to an activating group) is 1. The Labute approximate surface area is 141 Å². The number of hydrogen-bond donors (Lipinski definition) is 1. The highest BCUT2D eigenvalue weighted by Crippen LogP contribution is 2.07. The Balaban J connectivity index is 1.99. The van der Waals surface area contributed by atoms with Crippen molar-refractivity contribution in [2.75, 3.05) is 20.1 Å². The van der Waals surface area contributed by atoms with Gasteiger partial charge in [-0.25, -0.2) is 0 Å². The average molecular weight is 326 g/mol. The van der Waals surface area contributed by atoms with Crippen molar-refractivity contribution in [2.45, 2.75) is 19.8 Å². The van der Waals surface area contributed by atoms with Gasteiger partial charge in [0.2, 0.25) is 0 Å². The van der Waals surface area contributed by atoms with Gasteiger partial charge in [-0.05, 0) is 42.7 Å². The number of nitrogens with one attached hydrogen (secondary N) is 1. The molecule has 2 amide bonds. The van der Waals surface area contributed by atoms with E-state index >= 15 is 0 Å². The molecule has 0 aromatic carbocycles. The number of hydrogen-bond acceptors (Lipinski definition) is 4. The minimum Gasteiger partial charge on any atom is -0.351 e. The van der Waals surface area contributed by atoms with E-state index in [4.69, 9.17) is 0 Å². The molecule has 0 aliphatic heterocycles. The van der Waals surface area contributed by atoms with E-state index in [9.17, 15) is 9.59 Å². The van der Waals surface area contributed by atoms with Crippen LogP contribution in [0.5, 0.6) is 0 Å². The van der Waals surface area contributed by atoms with E-state index in [1.54, 1.807) is 30.4 Å². The second kappa shape index (κ2) is 8.76. The van der Waals surface area contributed by atoms with E-state index in [1.807, 2.05) is 19.1 Å². The van der Waals surface area contributed by atoms with Crippen LogP contribution in [-0.2, 0) is 6.42 Å². The van der Waals surface area contributed by atoms with Gasteiger partial charge < -0.3 is 10.2 Å². The van der Waals surface area contributed by atoms with Crippen LogP contribution in [0.2, 0.25) is 0 Å². The van der Waals surface area contributed by atoms with Gasteiger partial charge in [0.15, 0.2) is 0 Å². The summed E-state index contributed by atoms with van der Waals surface area (Å²) in [6, 6.07) is 7.03. The SMILES string of the molecule is CCCNC(=O)c1cc(C(=O)N(C)CCc2ccncc2)ccn1. The molecule has 2 aromatic rings. The quantitative estimate of drug-likeness (QED) is 0.843. The highest BCUT2D eigenvalue weighted by Gasteiger charge is 2.14. The van der Waals surface area contributed by atoms with Gasteiger partial charge in [0.1, 0.15) is 5.69 Å². The van der Waals surface area contributed by atoms with Crippen molar-refractivity contribution in [1.82, 2.24) is 20.2 Å². The Hall–Kier alpha value is -2.76. The van der Waals surface area contributed by atoms with Crippen molar-refractivity contribution in [3.63, 3.8) is 0 Å². The largest absolute Gasteiger partial charge is 0.351 e. The van der Waals surface area contributed by atoms with E-state index in [-0.39, 0.29) is 17.5 Å². The lowest BCUT2D eigenvalue weighted by Crippen LogP contribution is -2.30. The summed E-state index contributed by atoms with van der Waals surface area (Å²) in [7, 11) is 1.75. The first kappa shape index (κ1) is 17.6. The van der Waals surface area contributed by atoms with Gasteiger partial charge in [0.05, 0.1) is 0 Å². The topological polar surface area (TPSA) is 75.2 Å². The third kappa shape index (κ3) is 4.87. The molecule has 24 heavy (non-hydrogen) atoms. The van der Waals surface area contributed by atoms with Crippen molar-refractivity contribution in [1.29, 1.82) is 0 Å². The molecule has 0 radical (unpaired) electrons. The van der Waals surface area contributed by atoms with Crippen LogP contribution >= 0.6 is 0 Å². The molecule has 0 bridgehead atoms. The van der Waals surface area contributed by atoms with Gasteiger partial charge in [-0.2, -0.15) is 0 Å². The van der Waals surface area contributed by atoms with E-state index in [0.29, 0.717) is 18.7 Å². The molecular formula is C18H22N4O2. The zero-order chi connectivity index (χ0) is 17.4. The van der Waals surface area contributed by atoms with Crippen LogP contribution in [-0.4, -0.2) is 46.8 Å². The fourth-order valence-electron chi connectivity index (χ4n) is 2.19. The van der Waals surface area contributed by atoms with Crippen molar-refractivity contribution in [3.05, 3.63) is 59.7 Å². The molecule has 0 fully saturated rings. The molecule has 0 saturated heterocycles.